The predicted molar refractivity (Wildman–Crippen MR) is 72.9 cm³/mol. The summed E-state index contributed by atoms with van der Waals surface area (Å²) >= 11 is 1.69. The first kappa shape index (κ1) is 12.5. The van der Waals surface area contributed by atoms with Gasteiger partial charge in [0, 0.05) is 30.4 Å². The van der Waals surface area contributed by atoms with Gasteiger partial charge in [-0.25, -0.2) is 4.98 Å². The maximum Gasteiger partial charge on any atom is 0.0897 e. The second-order valence-corrected chi connectivity index (χ2v) is 6.45. The van der Waals surface area contributed by atoms with Crippen molar-refractivity contribution in [3.05, 3.63) is 16.1 Å². The largest absolute Gasteiger partial charge is 0.374 e. The minimum atomic E-state index is 0.0630. The molecule has 18 heavy (non-hydrogen) atoms. The lowest BCUT2D eigenvalue weighted by Crippen LogP contribution is -2.53. The second-order valence-electron chi connectivity index (χ2n) is 5.39. The number of fused-ring (bicyclic) bond motifs is 1. The predicted octanol–water partition coefficient (Wildman–Crippen LogP) is 1.18. The van der Waals surface area contributed by atoms with E-state index in [4.69, 9.17) is 10.5 Å². The molecule has 100 valence electrons. The highest BCUT2D eigenvalue weighted by atomic mass is 32.1. The molecule has 4 nitrogen and oxygen atoms in total. The molecule has 0 amide bonds. The lowest BCUT2D eigenvalue weighted by Gasteiger charge is -2.37. The van der Waals surface area contributed by atoms with Gasteiger partial charge in [0.25, 0.3) is 0 Å². The monoisotopic (exact) mass is 267 g/mol. The van der Waals surface area contributed by atoms with Crippen LogP contribution in [0.4, 0.5) is 0 Å². The van der Waals surface area contributed by atoms with Gasteiger partial charge in [-0.3, -0.25) is 4.90 Å². The first-order valence-corrected chi connectivity index (χ1v) is 7.62. The van der Waals surface area contributed by atoms with Crippen LogP contribution in [0.25, 0.3) is 0 Å². The van der Waals surface area contributed by atoms with Gasteiger partial charge in [-0.2, -0.15) is 0 Å². The molecule has 3 rings (SSSR count). The number of morpholine rings is 1. The molecule has 1 aromatic heterocycles. The van der Waals surface area contributed by atoms with Crippen LogP contribution in [0.3, 0.4) is 0 Å². The van der Waals surface area contributed by atoms with Crippen LogP contribution >= 0.6 is 11.3 Å². The fraction of sp³-hybridized carbons (Fsp3) is 0.769. The lowest BCUT2D eigenvalue weighted by molar-refractivity contribution is -0.0590. The van der Waals surface area contributed by atoms with Crippen LogP contribution < -0.4 is 5.73 Å². The van der Waals surface area contributed by atoms with Gasteiger partial charge in [0.2, 0.25) is 0 Å². The minimum absolute atomic E-state index is 0.0630. The molecule has 2 aliphatic rings. The van der Waals surface area contributed by atoms with Crippen molar-refractivity contribution in [3.8, 4) is 0 Å². The first-order chi connectivity index (χ1) is 8.72. The number of thiazole rings is 1. The van der Waals surface area contributed by atoms with Crippen molar-refractivity contribution in [3.63, 3.8) is 0 Å². The Morgan fingerprint density at radius 1 is 1.67 bits per heavy atom. The molecule has 0 bridgehead atoms. The highest BCUT2D eigenvalue weighted by molar-refractivity contribution is 7.09. The molecular formula is C13H21N3OS. The third kappa shape index (κ3) is 2.59. The summed E-state index contributed by atoms with van der Waals surface area (Å²) in [5.74, 6) is 0. The molecule has 0 aliphatic carbocycles. The Morgan fingerprint density at radius 3 is 3.33 bits per heavy atom. The normalized spacial score (nSPS) is 30.3. The van der Waals surface area contributed by atoms with Crippen molar-refractivity contribution in [1.29, 1.82) is 0 Å². The molecule has 0 spiro atoms. The van der Waals surface area contributed by atoms with E-state index in [0.717, 1.165) is 30.3 Å². The average Bonchev–Trinajstić information content (AvgIpc) is 2.96. The maximum absolute atomic E-state index is 6.29. The zero-order chi connectivity index (χ0) is 12.5. The fourth-order valence-electron chi connectivity index (χ4n) is 2.98. The van der Waals surface area contributed by atoms with Crippen LogP contribution in [0.15, 0.2) is 5.38 Å². The summed E-state index contributed by atoms with van der Waals surface area (Å²) < 4.78 is 5.94. The van der Waals surface area contributed by atoms with Crippen molar-refractivity contribution < 1.29 is 4.74 Å². The van der Waals surface area contributed by atoms with E-state index in [1.165, 1.54) is 19.4 Å². The number of hydrogen-bond acceptors (Lipinski definition) is 5. The molecule has 3 atom stereocenters. The van der Waals surface area contributed by atoms with E-state index in [9.17, 15) is 0 Å². The summed E-state index contributed by atoms with van der Waals surface area (Å²) in [7, 11) is 0. The van der Waals surface area contributed by atoms with E-state index in [2.05, 4.69) is 15.3 Å². The van der Waals surface area contributed by atoms with Crippen molar-refractivity contribution in [2.24, 2.45) is 5.73 Å². The molecule has 2 fully saturated rings. The molecular weight excluding hydrogens is 246 g/mol. The lowest BCUT2D eigenvalue weighted by atomic mass is 10.0. The second kappa shape index (κ2) is 5.25. The molecule has 2 aliphatic heterocycles. The summed E-state index contributed by atoms with van der Waals surface area (Å²) in [5, 5.41) is 3.22. The minimum Gasteiger partial charge on any atom is -0.374 e. The van der Waals surface area contributed by atoms with Crippen molar-refractivity contribution >= 4 is 11.3 Å². The highest BCUT2D eigenvalue weighted by Gasteiger charge is 2.34. The van der Waals surface area contributed by atoms with Crippen LogP contribution in [0, 0.1) is 6.92 Å². The van der Waals surface area contributed by atoms with Crippen molar-refractivity contribution in [1.82, 2.24) is 9.88 Å². The molecule has 0 saturated carbocycles. The number of aromatic nitrogens is 1. The number of nitrogens with zero attached hydrogens (tertiary/aromatic N) is 2. The third-order valence-electron chi connectivity index (χ3n) is 4.01. The van der Waals surface area contributed by atoms with Crippen LogP contribution in [0.1, 0.15) is 23.5 Å². The summed E-state index contributed by atoms with van der Waals surface area (Å²) in [6.07, 6.45) is 3.59. The molecule has 5 heteroatoms. The van der Waals surface area contributed by atoms with Crippen molar-refractivity contribution in [2.45, 2.75) is 44.4 Å². The molecule has 1 aromatic rings. The number of nitrogens with two attached hydrogens (primary N) is 1. The molecule has 3 unspecified atom stereocenters. The van der Waals surface area contributed by atoms with Gasteiger partial charge in [-0.05, 0) is 26.3 Å². The molecule has 0 aromatic carbocycles. The smallest absolute Gasteiger partial charge is 0.0897 e. The topological polar surface area (TPSA) is 51.4 Å². The average molecular weight is 267 g/mol. The summed E-state index contributed by atoms with van der Waals surface area (Å²) in [5.41, 5.74) is 7.39. The Hall–Kier alpha value is -0.490. The standard InChI is InChI=1S/C13H21N3OS/c1-9-15-10(8-18-9)5-12(14)13-6-16-4-2-3-11(16)7-17-13/h8,11-13H,2-7,14H2,1H3. The van der Waals surface area contributed by atoms with Gasteiger partial charge in [-0.15, -0.1) is 11.3 Å². The Kier molecular flexibility index (Phi) is 3.66. The fourth-order valence-corrected chi connectivity index (χ4v) is 3.60. The van der Waals surface area contributed by atoms with Crippen LogP contribution in [-0.2, 0) is 11.2 Å². The molecule has 3 heterocycles. The van der Waals surface area contributed by atoms with Crippen LogP contribution in [0.5, 0.6) is 0 Å². The zero-order valence-electron chi connectivity index (χ0n) is 10.8. The van der Waals surface area contributed by atoms with Crippen LogP contribution in [0.2, 0.25) is 0 Å². The maximum atomic E-state index is 6.29. The van der Waals surface area contributed by atoms with E-state index in [1.54, 1.807) is 11.3 Å². The Labute approximate surface area is 112 Å². The van der Waals surface area contributed by atoms with E-state index >= 15 is 0 Å². The van der Waals surface area contributed by atoms with Crippen LogP contribution in [-0.4, -0.2) is 47.8 Å². The van der Waals surface area contributed by atoms with Crippen molar-refractivity contribution in [2.75, 3.05) is 19.7 Å². The molecule has 2 saturated heterocycles. The zero-order valence-corrected chi connectivity index (χ0v) is 11.7. The van der Waals surface area contributed by atoms with E-state index in [-0.39, 0.29) is 12.1 Å². The molecule has 0 radical (unpaired) electrons. The van der Waals surface area contributed by atoms with Gasteiger partial charge < -0.3 is 10.5 Å². The third-order valence-corrected chi connectivity index (χ3v) is 4.83. The van der Waals surface area contributed by atoms with E-state index < -0.39 is 0 Å². The summed E-state index contributed by atoms with van der Waals surface area (Å²) in [4.78, 5) is 7.02. The molecule has 2 N–H and O–H groups in total. The summed E-state index contributed by atoms with van der Waals surface area (Å²) in [6, 6.07) is 0.711. The van der Waals surface area contributed by atoms with Gasteiger partial charge in [0.05, 0.1) is 23.4 Å². The van der Waals surface area contributed by atoms with Gasteiger partial charge in [-0.1, -0.05) is 0 Å². The van der Waals surface area contributed by atoms with E-state index in [1.807, 2.05) is 6.92 Å². The SMILES string of the molecule is Cc1nc(CC(N)C2CN3CCCC3CO2)cs1. The number of hydrogen-bond donors (Lipinski definition) is 1. The van der Waals surface area contributed by atoms with Gasteiger partial charge in [0.15, 0.2) is 0 Å². The summed E-state index contributed by atoms with van der Waals surface area (Å²) in [6.45, 7) is 5.10. The van der Waals surface area contributed by atoms with Gasteiger partial charge in [0.1, 0.15) is 0 Å². The number of rotatable bonds is 3. The highest BCUT2D eigenvalue weighted by Crippen LogP contribution is 2.24. The van der Waals surface area contributed by atoms with Gasteiger partial charge >= 0.3 is 0 Å². The Bertz CT molecular complexity index is 409. The number of ether oxygens (including phenoxy) is 1. The Morgan fingerprint density at radius 2 is 2.56 bits per heavy atom. The quantitative estimate of drug-likeness (QED) is 0.893. The van der Waals surface area contributed by atoms with E-state index in [0.29, 0.717) is 6.04 Å². The number of aryl methyl sites for hydroxylation is 1. The Balaban J connectivity index is 1.57. The first-order valence-electron chi connectivity index (χ1n) is 6.74.